The van der Waals surface area contributed by atoms with Crippen molar-refractivity contribution in [3.05, 3.63) is 151 Å². The summed E-state index contributed by atoms with van der Waals surface area (Å²) in [5.74, 6) is 0. The van der Waals surface area contributed by atoms with Crippen LogP contribution >= 0.6 is 22.7 Å². The summed E-state index contributed by atoms with van der Waals surface area (Å²) < 4.78 is 8.03. The van der Waals surface area contributed by atoms with Gasteiger partial charge in [0.15, 0.2) is 0 Å². The largest absolute Gasteiger partial charge is 0.375 e. The topological polar surface area (TPSA) is 8.17 Å². The Morgan fingerprint density at radius 2 is 1.17 bits per heavy atom. The van der Waals surface area contributed by atoms with E-state index in [0.717, 1.165) is 0 Å². The van der Waals surface area contributed by atoms with Crippen molar-refractivity contribution >= 4 is 130 Å². The van der Waals surface area contributed by atoms with Gasteiger partial charge in [0.05, 0.1) is 0 Å². The maximum Gasteiger partial charge on any atom is 0.333 e. The number of rotatable bonds is 1. The standard InChI is InChI=1S/C47H27BN2S2/c1-26-19-37-33-14-8-13-32-34-21-27-9-2-3-10-28(27)22-39(34)50(47(32)33)48-38-25-45-36(31-12-5-7-16-43(31)52-45)24-40(38)49(41(20-26)46(37)48)29-17-18-44-35(23-29)30-11-4-6-15-42(30)51-44/h2-25H,1H3. The molecule has 0 atom stereocenters. The van der Waals surface area contributed by atoms with Gasteiger partial charge in [0.2, 0.25) is 0 Å². The van der Waals surface area contributed by atoms with Gasteiger partial charge in [-0.1, -0.05) is 84.9 Å². The highest BCUT2D eigenvalue weighted by Gasteiger charge is 2.43. The van der Waals surface area contributed by atoms with Gasteiger partial charge in [-0.3, -0.25) is 0 Å². The van der Waals surface area contributed by atoms with Crippen LogP contribution in [0.4, 0.5) is 17.1 Å². The van der Waals surface area contributed by atoms with E-state index in [-0.39, 0.29) is 6.85 Å². The number of hydrogen-bond acceptors (Lipinski definition) is 3. The lowest BCUT2D eigenvalue weighted by Gasteiger charge is -2.41. The Kier molecular flexibility index (Phi) is 5.19. The summed E-state index contributed by atoms with van der Waals surface area (Å²) in [7, 11) is 0. The summed E-state index contributed by atoms with van der Waals surface area (Å²) in [5, 5.41) is 10.5. The third-order valence-corrected chi connectivity index (χ3v) is 14.0. The van der Waals surface area contributed by atoms with E-state index in [0.29, 0.717) is 0 Å². The van der Waals surface area contributed by atoms with Crippen LogP contribution in [-0.2, 0) is 0 Å². The van der Waals surface area contributed by atoms with Crippen LogP contribution in [0.1, 0.15) is 5.56 Å². The fourth-order valence-electron chi connectivity index (χ4n) is 9.62. The van der Waals surface area contributed by atoms with Gasteiger partial charge in [0.25, 0.3) is 0 Å². The highest BCUT2D eigenvalue weighted by atomic mass is 32.1. The molecule has 8 aromatic carbocycles. The molecule has 0 spiro atoms. The zero-order valence-corrected chi connectivity index (χ0v) is 29.8. The van der Waals surface area contributed by atoms with Gasteiger partial charge in [0, 0.05) is 84.8 Å². The molecule has 0 unspecified atom stereocenters. The third kappa shape index (κ3) is 3.45. The molecular formula is C47H27BN2S2. The van der Waals surface area contributed by atoms with Crippen molar-refractivity contribution in [2.75, 3.05) is 4.90 Å². The summed E-state index contributed by atoms with van der Waals surface area (Å²) in [6, 6.07) is 55.4. The van der Waals surface area contributed by atoms with E-state index < -0.39 is 0 Å². The molecule has 0 amide bonds. The number of nitrogens with zero attached hydrogens (tertiary/aromatic N) is 2. The third-order valence-electron chi connectivity index (χ3n) is 11.7. The minimum atomic E-state index is 0.0215. The smallest absolute Gasteiger partial charge is 0.333 e. The first kappa shape index (κ1) is 27.8. The lowest BCUT2D eigenvalue weighted by atomic mass is 9.45. The molecule has 240 valence electrons. The van der Waals surface area contributed by atoms with Crippen LogP contribution < -0.4 is 15.8 Å². The van der Waals surface area contributed by atoms with Gasteiger partial charge in [0.1, 0.15) is 0 Å². The molecule has 0 saturated heterocycles. The Bertz CT molecular complexity index is 3400. The first-order valence-corrected chi connectivity index (χ1v) is 19.6. The lowest BCUT2D eigenvalue weighted by Crippen LogP contribution is -2.56. The molecule has 2 aliphatic heterocycles. The summed E-state index contributed by atoms with van der Waals surface area (Å²) in [5.41, 5.74) is 13.1. The monoisotopic (exact) mass is 694 g/mol. The molecule has 52 heavy (non-hydrogen) atoms. The van der Waals surface area contributed by atoms with Gasteiger partial charge >= 0.3 is 6.85 Å². The SMILES string of the molecule is Cc1cc2c3c(c1)N(c1ccc4sc5ccccc5c4c1)c1cc4c(cc1B3n1c3cc5ccccc5cc3c3cccc-2c31)sc1ccccc14. The van der Waals surface area contributed by atoms with Crippen LogP contribution in [0.5, 0.6) is 0 Å². The second kappa shape index (κ2) is 9.71. The van der Waals surface area contributed by atoms with Crippen molar-refractivity contribution in [1.82, 2.24) is 4.48 Å². The van der Waals surface area contributed by atoms with Crippen molar-refractivity contribution in [2.24, 2.45) is 0 Å². The van der Waals surface area contributed by atoms with E-state index in [2.05, 4.69) is 162 Å². The van der Waals surface area contributed by atoms with E-state index in [4.69, 9.17) is 0 Å². The number of anilines is 3. The van der Waals surface area contributed by atoms with Crippen LogP contribution in [-0.4, -0.2) is 11.3 Å². The summed E-state index contributed by atoms with van der Waals surface area (Å²) in [6.07, 6.45) is 0. The maximum atomic E-state index is 2.69. The van der Waals surface area contributed by atoms with E-state index in [1.165, 1.54) is 118 Å². The molecule has 0 aliphatic carbocycles. The second-order valence-corrected chi connectivity index (χ2v) is 16.7. The lowest BCUT2D eigenvalue weighted by molar-refractivity contribution is 1.25. The Labute approximate surface area is 307 Å². The number of hydrogen-bond donors (Lipinski definition) is 0. The Hall–Kier alpha value is -5.88. The van der Waals surface area contributed by atoms with Crippen molar-refractivity contribution in [3.63, 3.8) is 0 Å². The molecule has 0 fully saturated rings. The molecule has 0 radical (unpaired) electrons. The van der Waals surface area contributed by atoms with Gasteiger partial charge < -0.3 is 9.38 Å². The van der Waals surface area contributed by atoms with Crippen LogP contribution in [0.3, 0.4) is 0 Å². The van der Waals surface area contributed by atoms with Crippen molar-refractivity contribution in [1.29, 1.82) is 0 Å². The molecular weight excluding hydrogens is 667 g/mol. The summed E-state index contributed by atoms with van der Waals surface area (Å²) in [4.78, 5) is 2.58. The zero-order chi connectivity index (χ0) is 33.8. The number of fused-ring (bicyclic) bond motifs is 14. The van der Waals surface area contributed by atoms with Crippen LogP contribution in [0.25, 0.3) is 84.0 Å². The second-order valence-electron chi connectivity index (χ2n) is 14.6. The first-order chi connectivity index (χ1) is 25.7. The number of aromatic nitrogens is 1. The maximum absolute atomic E-state index is 2.69. The van der Waals surface area contributed by atoms with Gasteiger partial charge in [-0.2, -0.15) is 0 Å². The fourth-order valence-corrected chi connectivity index (χ4v) is 11.8. The van der Waals surface area contributed by atoms with Crippen molar-refractivity contribution in [2.45, 2.75) is 6.92 Å². The molecule has 13 rings (SSSR count). The molecule has 0 saturated carbocycles. The molecule has 2 nitrogen and oxygen atoms in total. The van der Waals surface area contributed by atoms with Gasteiger partial charge in [-0.25, -0.2) is 0 Å². The van der Waals surface area contributed by atoms with E-state index >= 15 is 0 Å². The highest BCUT2D eigenvalue weighted by molar-refractivity contribution is 7.26. The molecule has 5 heteroatoms. The Morgan fingerprint density at radius 3 is 2.00 bits per heavy atom. The van der Waals surface area contributed by atoms with E-state index in [1.54, 1.807) is 0 Å². The van der Waals surface area contributed by atoms with E-state index in [9.17, 15) is 0 Å². The number of para-hydroxylation sites is 1. The average Bonchev–Trinajstić information content (AvgIpc) is 3.84. The summed E-state index contributed by atoms with van der Waals surface area (Å²) >= 11 is 3.80. The molecule has 3 aromatic heterocycles. The first-order valence-electron chi connectivity index (χ1n) is 17.9. The highest BCUT2D eigenvalue weighted by Crippen LogP contribution is 2.48. The fraction of sp³-hybridized carbons (Fsp3) is 0.0213. The normalized spacial score (nSPS) is 13.4. The van der Waals surface area contributed by atoms with Crippen LogP contribution in [0.15, 0.2) is 146 Å². The average molecular weight is 695 g/mol. The quantitative estimate of drug-likeness (QED) is 0.155. The molecule has 5 heterocycles. The minimum Gasteiger partial charge on any atom is -0.375 e. The molecule has 0 bridgehead atoms. The van der Waals surface area contributed by atoms with Crippen LogP contribution in [0, 0.1) is 6.92 Å². The number of benzene rings is 8. The minimum absolute atomic E-state index is 0.0215. The Balaban J connectivity index is 1.20. The molecule has 11 aromatic rings. The molecule has 2 aliphatic rings. The predicted molar refractivity (Wildman–Crippen MR) is 228 cm³/mol. The van der Waals surface area contributed by atoms with Gasteiger partial charge in [-0.05, 0) is 100 Å². The molecule has 0 N–H and O–H groups in total. The Morgan fingerprint density at radius 1 is 0.481 bits per heavy atom. The number of aryl methyl sites for hydroxylation is 1. The predicted octanol–water partition coefficient (Wildman–Crippen LogP) is 12.4. The summed E-state index contributed by atoms with van der Waals surface area (Å²) in [6.45, 7) is 2.29. The zero-order valence-electron chi connectivity index (χ0n) is 28.1. The van der Waals surface area contributed by atoms with Crippen molar-refractivity contribution in [3.8, 4) is 11.1 Å². The number of thiophene rings is 2. The van der Waals surface area contributed by atoms with Crippen LogP contribution in [0.2, 0.25) is 0 Å². The van der Waals surface area contributed by atoms with Crippen molar-refractivity contribution < 1.29 is 0 Å². The van der Waals surface area contributed by atoms with Gasteiger partial charge in [-0.15, -0.1) is 22.7 Å². The van der Waals surface area contributed by atoms with E-state index in [1.807, 2.05) is 22.7 Å².